The molecule has 0 aromatic heterocycles. The normalized spacial score (nSPS) is 15.5. The molecule has 3 heteroatoms. The second kappa shape index (κ2) is 6.65. The van der Waals surface area contributed by atoms with Gasteiger partial charge < -0.3 is 10.5 Å². The highest BCUT2D eigenvalue weighted by atomic mass is 16.5. The summed E-state index contributed by atoms with van der Waals surface area (Å²) in [7, 11) is 0. The van der Waals surface area contributed by atoms with Gasteiger partial charge in [0.05, 0.1) is 0 Å². The largest absolute Gasteiger partial charge is 0.457 e. The average Bonchev–Trinajstić information content (AvgIpc) is 2.57. The second-order valence-electron chi connectivity index (χ2n) is 5.89. The molecule has 1 fully saturated rings. The molecule has 2 aromatic carbocycles. The summed E-state index contributed by atoms with van der Waals surface area (Å²) < 4.78 is 5.80. The molecule has 0 bridgehead atoms. The quantitative estimate of drug-likeness (QED) is 0.894. The van der Waals surface area contributed by atoms with E-state index < -0.39 is 5.91 Å². The predicted molar refractivity (Wildman–Crippen MR) is 87.3 cm³/mol. The minimum atomic E-state index is -0.427. The first-order chi connectivity index (χ1) is 10.7. The van der Waals surface area contributed by atoms with Crippen molar-refractivity contribution in [1.29, 1.82) is 0 Å². The molecule has 1 aliphatic carbocycles. The molecule has 22 heavy (non-hydrogen) atoms. The molecule has 3 nitrogen and oxygen atoms in total. The number of hydrogen-bond donors (Lipinski definition) is 1. The van der Waals surface area contributed by atoms with E-state index in [9.17, 15) is 4.79 Å². The lowest BCUT2D eigenvalue weighted by atomic mass is 9.84. The Kier molecular flexibility index (Phi) is 4.42. The number of primary amides is 1. The third kappa shape index (κ3) is 3.48. The van der Waals surface area contributed by atoms with Crippen LogP contribution in [0, 0.1) is 0 Å². The van der Waals surface area contributed by atoms with Crippen molar-refractivity contribution in [2.75, 3.05) is 0 Å². The Hall–Kier alpha value is -2.29. The zero-order chi connectivity index (χ0) is 15.4. The number of benzene rings is 2. The van der Waals surface area contributed by atoms with Crippen molar-refractivity contribution in [2.24, 2.45) is 5.73 Å². The first-order valence-corrected chi connectivity index (χ1v) is 7.90. The minimum Gasteiger partial charge on any atom is -0.457 e. The highest BCUT2D eigenvalue weighted by Gasteiger charge is 2.15. The van der Waals surface area contributed by atoms with E-state index in [0.29, 0.717) is 17.2 Å². The van der Waals surface area contributed by atoms with Gasteiger partial charge in [-0.15, -0.1) is 0 Å². The van der Waals surface area contributed by atoms with Crippen molar-refractivity contribution < 1.29 is 9.53 Å². The van der Waals surface area contributed by atoms with Gasteiger partial charge in [-0.3, -0.25) is 4.79 Å². The molecule has 1 saturated carbocycles. The van der Waals surface area contributed by atoms with E-state index in [4.69, 9.17) is 10.5 Å². The van der Waals surface area contributed by atoms with Crippen molar-refractivity contribution >= 4 is 5.91 Å². The van der Waals surface area contributed by atoms with Gasteiger partial charge in [0.15, 0.2) is 0 Å². The SMILES string of the molecule is NC(=O)c1ccc(Oc2ccc(C3CCCCC3)cc2)cc1. The van der Waals surface area contributed by atoms with Crippen LogP contribution in [0.2, 0.25) is 0 Å². The van der Waals surface area contributed by atoms with Crippen molar-refractivity contribution in [2.45, 2.75) is 38.0 Å². The number of hydrogen-bond acceptors (Lipinski definition) is 2. The van der Waals surface area contributed by atoms with E-state index in [-0.39, 0.29) is 0 Å². The Bertz CT molecular complexity index is 625. The summed E-state index contributed by atoms with van der Waals surface area (Å²) in [4.78, 5) is 11.0. The fraction of sp³-hybridized carbons (Fsp3) is 0.316. The minimum absolute atomic E-state index is 0.427. The maximum Gasteiger partial charge on any atom is 0.248 e. The number of amides is 1. The van der Waals surface area contributed by atoms with Crippen LogP contribution in [0.4, 0.5) is 0 Å². The molecule has 0 unspecified atom stereocenters. The summed E-state index contributed by atoms with van der Waals surface area (Å²) in [6.45, 7) is 0. The summed E-state index contributed by atoms with van der Waals surface area (Å²) >= 11 is 0. The fourth-order valence-corrected chi connectivity index (χ4v) is 3.07. The van der Waals surface area contributed by atoms with Gasteiger partial charge in [-0.05, 0) is 60.7 Å². The van der Waals surface area contributed by atoms with Crippen LogP contribution in [0.3, 0.4) is 0 Å². The van der Waals surface area contributed by atoms with E-state index in [0.717, 1.165) is 5.75 Å². The van der Waals surface area contributed by atoms with Crippen molar-refractivity contribution in [1.82, 2.24) is 0 Å². The van der Waals surface area contributed by atoms with Crippen LogP contribution in [0.15, 0.2) is 48.5 Å². The lowest BCUT2D eigenvalue weighted by molar-refractivity contribution is 0.100. The van der Waals surface area contributed by atoms with Crippen molar-refractivity contribution in [3.8, 4) is 11.5 Å². The van der Waals surface area contributed by atoms with Crippen LogP contribution in [0.5, 0.6) is 11.5 Å². The lowest BCUT2D eigenvalue weighted by Crippen LogP contribution is -2.10. The van der Waals surface area contributed by atoms with Crippen molar-refractivity contribution in [3.05, 3.63) is 59.7 Å². The molecular weight excluding hydrogens is 274 g/mol. The zero-order valence-corrected chi connectivity index (χ0v) is 12.6. The van der Waals surface area contributed by atoms with E-state index in [2.05, 4.69) is 12.1 Å². The third-order valence-electron chi connectivity index (χ3n) is 4.33. The van der Waals surface area contributed by atoms with Crippen LogP contribution in [-0.2, 0) is 0 Å². The molecular formula is C19H21NO2. The van der Waals surface area contributed by atoms with E-state index in [1.807, 2.05) is 12.1 Å². The predicted octanol–water partition coefficient (Wildman–Crippen LogP) is 4.63. The summed E-state index contributed by atoms with van der Waals surface area (Å²) in [5.41, 5.74) is 7.12. The lowest BCUT2D eigenvalue weighted by Gasteiger charge is -2.22. The van der Waals surface area contributed by atoms with E-state index >= 15 is 0 Å². The molecule has 0 radical (unpaired) electrons. The summed E-state index contributed by atoms with van der Waals surface area (Å²) in [6.07, 6.45) is 6.66. The Morgan fingerprint density at radius 3 is 1.95 bits per heavy atom. The second-order valence-corrected chi connectivity index (χ2v) is 5.89. The molecule has 0 atom stereocenters. The smallest absolute Gasteiger partial charge is 0.248 e. The van der Waals surface area contributed by atoms with Gasteiger partial charge in [-0.25, -0.2) is 0 Å². The first kappa shape index (κ1) is 14.6. The van der Waals surface area contributed by atoms with Crippen LogP contribution >= 0.6 is 0 Å². The average molecular weight is 295 g/mol. The van der Waals surface area contributed by atoms with Gasteiger partial charge in [0.1, 0.15) is 11.5 Å². The first-order valence-electron chi connectivity index (χ1n) is 7.90. The Morgan fingerprint density at radius 2 is 1.41 bits per heavy atom. The highest BCUT2D eigenvalue weighted by Crippen LogP contribution is 2.33. The summed E-state index contributed by atoms with van der Waals surface area (Å²) in [5, 5.41) is 0. The maximum absolute atomic E-state index is 11.0. The molecule has 0 heterocycles. The molecule has 0 aliphatic heterocycles. The molecule has 0 spiro atoms. The monoisotopic (exact) mass is 295 g/mol. The molecule has 3 rings (SSSR count). The highest BCUT2D eigenvalue weighted by molar-refractivity contribution is 5.92. The molecule has 0 saturated heterocycles. The third-order valence-corrected chi connectivity index (χ3v) is 4.33. The number of ether oxygens (including phenoxy) is 1. The fourth-order valence-electron chi connectivity index (χ4n) is 3.07. The van der Waals surface area contributed by atoms with Gasteiger partial charge in [0.25, 0.3) is 0 Å². The van der Waals surface area contributed by atoms with Crippen LogP contribution in [0.1, 0.15) is 53.9 Å². The van der Waals surface area contributed by atoms with Crippen LogP contribution < -0.4 is 10.5 Å². The van der Waals surface area contributed by atoms with E-state index in [1.165, 1.54) is 37.7 Å². The standard InChI is InChI=1S/C19H21NO2/c20-19(21)16-8-12-18(13-9-16)22-17-10-6-15(7-11-17)14-4-2-1-3-5-14/h6-14H,1-5H2,(H2,20,21). The Labute approximate surface area is 131 Å². The molecule has 114 valence electrons. The van der Waals surface area contributed by atoms with Crippen LogP contribution in [-0.4, -0.2) is 5.91 Å². The van der Waals surface area contributed by atoms with Crippen molar-refractivity contribution in [3.63, 3.8) is 0 Å². The molecule has 1 amide bonds. The van der Waals surface area contributed by atoms with Gasteiger partial charge in [0, 0.05) is 5.56 Å². The summed E-state index contributed by atoms with van der Waals surface area (Å²) in [6, 6.07) is 15.2. The molecule has 2 N–H and O–H groups in total. The number of carbonyl (C=O) groups excluding carboxylic acids is 1. The van der Waals surface area contributed by atoms with Crippen LogP contribution in [0.25, 0.3) is 0 Å². The molecule has 2 aromatic rings. The maximum atomic E-state index is 11.0. The topological polar surface area (TPSA) is 52.3 Å². The summed E-state index contributed by atoms with van der Waals surface area (Å²) in [5.74, 6) is 1.79. The van der Waals surface area contributed by atoms with Gasteiger partial charge in [0.2, 0.25) is 5.91 Å². The zero-order valence-electron chi connectivity index (χ0n) is 12.6. The van der Waals surface area contributed by atoms with E-state index in [1.54, 1.807) is 24.3 Å². The van der Waals surface area contributed by atoms with Gasteiger partial charge in [-0.2, -0.15) is 0 Å². The van der Waals surface area contributed by atoms with Gasteiger partial charge >= 0.3 is 0 Å². The Morgan fingerprint density at radius 1 is 0.864 bits per heavy atom. The Balaban J connectivity index is 1.66. The number of rotatable bonds is 4. The molecule has 1 aliphatic rings. The number of carbonyl (C=O) groups is 1. The number of nitrogens with two attached hydrogens (primary N) is 1. The van der Waals surface area contributed by atoms with Gasteiger partial charge in [-0.1, -0.05) is 31.4 Å².